The summed E-state index contributed by atoms with van der Waals surface area (Å²) in [5.41, 5.74) is 7.62. The Morgan fingerprint density at radius 3 is 2.74 bits per heavy atom. The van der Waals surface area contributed by atoms with Crippen LogP contribution in [-0.2, 0) is 0 Å². The summed E-state index contributed by atoms with van der Waals surface area (Å²) in [6, 6.07) is 23.3. The van der Waals surface area contributed by atoms with Gasteiger partial charge in [-0.3, -0.25) is 4.79 Å². The summed E-state index contributed by atoms with van der Waals surface area (Å²) in [5, 5.41) is 5.15. The van der Waals surface area contributed by atoms with Gasteiger partial charge >= 0.3 is 0 Å². The fraction of sp³-hybridized carbons (Fsp3) is 0.148. The van der Waals surface area contributed by atoms with Gasteiger partial charge in [-0.1, -0.05) is 24.3 Å². The fourth-order valence-electron chi connectivity index (χ4n) is 4.29. The predicted molar refractivity (Wildman–Crippen MR) is 140 cm³/mol. The molecule has 0 saturated carbocycles. The Balaban J connectivity index is 1.29. The first-order valence-electron chi connectivity index (χ1n) is 11.5. The lowest BCUT2D eigenvalue weighted by Crippen LogP contribution is -2.31. The molecule has 1 fully saturated rings. The number of para-hydroxylation sites is 1. The van der Waals surface area contributed by atoms with Crippen LogP contribution in [0.3, 0.4) is 0 Å². The zero-order valence-corrected chi connectivity index (χ0v) is 19.7. The smallest absolute Gasteiger partial charge is 0.264 e. The van der Waals surface area contributed by atoms with E-state index < -0.39 is 0 Å². The van der Waals surface area contributed by atoms with Gasteiger partial charge < -0.3 is 20.7 Å². The van der Waals surface area contributed by atoms with Crippen LogP contribution >= 0.6 is 11.3 Å². The third kappa shape index (κ3) is 4.41. The summed E-state index contributed by atoms with van der Waals surface area (Å²) in [6.45, 7) is 1.31. The van der Waals surface area contributed by atoms with Crippen LogP contribution in [0, 0.1) is 0 Å². The number of carbonyl (C=O) groups excluding carboxylic acids is 1. The molecule has 174 valence electrons. The number of hydrogen-bond acceptors (Lipinski definition) is 7. The van der Waals surface area contributed by atoms with Crippen molar-refractivity contribution in [2.45, 2.75) is 12.5 Å². The minimum absolute atomic E-state index is 0.0370. The number of fused-ring (bicyclic) bond motifs is 3. The van der Waals surface area contributed by atoms with E-state index in [1.165, 1.54) is 11.3 Å². The molecular weight excluding hydrogens is 458 g/mol. The molecule has 5 aromatic rings. The summed E-state index contributed by atoms with van der Waals surface area (Å²) in [6.07, 6.45) is 2.65. The highest BCUT2D eigenvalue weighted by atomic mass is 32.1. The lowest BCUT2D eigenvalue weighted by Gasteiger charge is -2.13. The van der Waals surface area contributed by atoms with Crippen molar-refractivity contribution >= 4 is 49.9 Å². The average molecular weight is 482 g/mol. The summed E-state index contributed by atoms with van der Waals surface area (Å²) >= 11 is 1.49. The molecule has 0 bridgehead atoms. The van der Waals surface area contributed by atoms with Gasteiger partial charge in [-0.25, -0.2) is 9.97 Å². The van der Waals surface area contributed by atoms with E-state index in [0.717, 1.165) is 38.8 Å². The molecule has 0 radical (unpaired) electrons. The maximum absolute atomic E-state index is 13.0. The van der Waals surface area contributed by atoms with Gasteiger partial charge in [-0.05, 0) is 48.9 Å². The van der Waals surface area contributed by atoms with Crippen molar-refractivity contribution in [3.05, 3.63) is 83.9 Å². The normalized spacial score (nSPS) is 15.6. The van der Waals surface area contributed by atoms with Gasteiger partial charge in [0.15, 0.2) is 0 Å². The number of thiophene rings is 1. The molecule has 1 amide bonds. The molecule has 0 aliphatic carbocycles. The number of nitrogens with two attached hydrogens (primary N) is 1. The topological polar surface area (TPSA) is 93.4 Å². The van der Waals surface area contributed by atoms with Gasteiger partial charge in [0.05, 0.1) is 10.4 Å². The van der Waals surface area contributed by atoms with Crippen LogP contribution in [0.15, 0.2) is 79.0 Å². The third-order valence-corrected chi connectivity index (χ3v) is 7.13. The number of aromatic nitrogens is 2. The van der Waals surface area contributed by atoms with E-state index in [0.29, 0.717) is 29.7 Å². The third-order valence-electron chi connectivity index (χ3n) is 6.04. The van der Waals surface area contributed by atoms with E-state index in [4.69, 9.17) is 15.5 Å². The van der Waals surface area contributed by atoms with Crippen LogP contribution in [0.2, 0.25) is 0 Å². The number of hydrogen-bond donors (Lipinski definition) is 2. The molecule has 8 heteroatoms. The SMILES string of the molecule is NC1CCN(C(=O)c2cc3c(ccc4cnc(Nc5cccc(Oc6ccccc6)c5)nc43)s2)C1. The fourth-order valence-corrected chi connectivity index (χ4v) is 5.32. The van der Waals surface area contributed by atoms with Crippen molar-refractivity contribution in [3.8, 4) is 11.5 Å². The Morgan fingerprint density at radius 2 is 1.91 bits per heavy atom. The number of amides is 1. The zero-order valence-electron chi connectivity index (χ0n) is 18.8. The molecule has 1 aliphatic rings. The molecule has 3 heterocycles. The molecule has 1 unspecified atom stereocenters. The summed E-state index contributed by atoms with van der Waals surface area (Å²) < 4.78 is 6.96. The van der Waals surface area contributed by atoms with Crippen molar-refractivity contribution < 1.29 is 9.53 Å². The minimum atomic E-state index is 0.0370. The Morgan fingerprint density at radius 1 is 1.06 bits per heavy atom. The second-order valence-corrected chi connectivity index (χ2v) is 9.67. The van der Waals surface area contributed by atoms with Crippen LogP contribution in [0.4, 0.5) is 11.6 Å². The molecule has 1 atom stereocenters. The van der Waals surface area contributed by atoms with Crippen LogP contribution in [0.1, 0.15) is 16.1 Å². The zero-order chi connectivity index (χ0) is 23.8. The molecule has 0 spiro atoms. The average Bonchev–Trinajstić information content (AvgIpc) is 3.51. The standard InChI is InChI=1S/C27H23N5O2S/c28-18-11-12-32(16-18)26(33)24-14-22-23(35-24)10-9-17-15-29-27(31-25(17)22)30-19-5-4-8-21(13-19)34-20-6-2-1-3-7-20/h1-10,13-15,18H,11-12,16,28H2,(H,29,30,31). The summed E-state index contributed by atoms with van der Waals surface area (Å²) in [5.74, 6) is 2.00. The van der Waals surface area contributed by atoms with E-state index in [1.807, 2.05) is 77.7 Å². The van der Waals surface area contributed by atoms with Crippen LogP contribution in [0.25, 0.3) is 21.0 Å². The molecule has 7 nitrogen and oxygen atoms in total. The quantitative estimate of drug-likeness (QED) is 0.342. The summed E-state index contributed by atoms with van der Waals surface area (Å²) in [7, 11) is 0. The molecular formula is C27H23N5O2S. The van der Waals surface area contributed by atoms with Crippen LogP contribution in [0.5, 0.6) is 11.5 Å². The highest BCUT2D eigenvalue weighted by molar-refractivity contribution is 7.21. The Labute approximate surface area is 206 Å². The van der Waals surface area contributed by atoms with Gasteiger partial charge in [-0.15, -0.1) is 11.3 Å². The van der Waals surface area contributed by atoms with Gasteiger partial charge in [0, 0.05) is 52.6 Å². The predicted octanol–water partition coefficient (Wildman–Crippen LogP) is 5.55. The molecule has 6 rings (SSSR count). The van der Waals surface area contributed by atoms with E-state index in [2.05, 4.69) is 10.3 Å². The highest BCUT2D eigenvalue weighted by Gasteiger charge is 2.26. The first kappa shape index (κ1) is 21.5. The Hall–Kier alpha value is -4.01. The lowest BCUT2D eigenvalue weighted by atomic mass is 10.2. The van der Waals surface area contributed by atoms with Crippen molar-refractivity contribution in [1.82, 2.24) is 14.9 Å². The van der Waals surface area contributed by atoms with Crippen molar-refractivity contribution in [2.75, 3.05) is 18.4 Å². The van der Waals surface area contributed by atoms with Gasteiger partial charge in [0.2, 0.25) is 5.95 Å². The number of nitrogens with zero attached hydrogens (tertiary/aromatic N) is 3. The van der Waals surface area contributed by atoms with Crippen LogP contribution in [-0.4, -0.2) is 39.9 Å². The maximum Gasteiger partial charge on any atom is 0.264 e. The van der Waals surface area contributed by atoms with E-state index in [9.17, 15) is 4.79 Å². The number of anilines is 2. The number of likely N-dealkylation sites (tertiary alicyclic amines) is 1. The van der Waals surface area contributed by atoms with Crippen molar-refractivity contribution in [2.24, 2.45) is 5.73 Å². The molecule has 35 heavy (non-hydrogen) atoms. The first-order chi connectivity index (χ1) is 17.1. The number of benzene rings is 3. The van der Waals surface area contributed by atoms with Gasteiger partial charge in [-0.2, -0.15) is 0 Å². The second-order valence-electron chi connectivity index (χ2n) is 8.59. The Bertz CT molecular complexity index is 1540. The van der Waals surface area contributed by atoms with E-state index in [1.54, 1.807) is 6.20 Å². The second kappa shape index (κ2) is 8.98. The summed E-state index contributed by atoms with van der Waals surface area (Å²) in [4.78, 5) is 24.8. The minimum Gasteiger partial charge on any atom is -0.457 e. The molecule has 3 N–H and O–H groups in total. The van der Waals surface area contributed by atoms with E-state index in [-0.39, 0.29) is 11.9 Å². The lowest BCUT2D eigenvalue weighted by molar-refractivity contribution is 0.0795. The number of rotatable bonds is 5. The molecule has 1 saturated heterocycles. The monoisotopic (exact) mass is 481 g/mol. The molecule has 1 aliphatic heterocycles. The van der Waals surface area contributed by atoms with Crippen molar-refractivity contribution in [3.63, 3.8) is 0 Å². The molecule has 2 aromatic heterocycles. The Kier molecular flexibility index (Phi) is 5.52. The number of carbonyl (C=O) groups is 1. The number of ether oxygens (including phenoxy) is 1. The number of nitrogens with one attached hydrogen (secondary N) is 1. The first-order valence-corrected chi connectivity index (χ1v) is 12.3. The maximum atomic E-state index is 13.0. The van der Waals surface area contributed by atoms with Crippen LogP contribution < -0.4 is 15.8 Å². The van der Waals surface area contributed by atoms with Gasteiger partial charge in [0.25, 0.3) is 5.91 Å². The van der Waals surface area contributed by atoms with Gasteiger partial charge in [0.1, 0.15) is 11.5 Å². The largest absolute Gasteiger partial charge is 0.457 e. The van der Waals surface area contributed by atoms with Crippen molar-refractivity contribution in [1.29, 1.82) is 0 Å². The molecule has 3 aromatic carbocycles. The highest BCUT2D eigenvalue weighted by Crippen LogP contribution is 2.33. The van der Waals surface area contributed by atoms with E-state index >= 15 is 0 Å².